The minimum Gasteiger partial charge on any atom is -0.310 e. The average Bonchev–Trinajstić information content (AvgIpc) is 2.82. The molecule has 0 fully saturated rings. The number of halogens is 3. The van der Waals surface area contributed by atoms with Crippen molar-refractivity contribution in [2.75, 3.05) is 6.54 Å². The molecule has 2 aromatic rings. The van der Waals surface area contributed by atoms with Gasteiger partial charge in [0.25, 0.3) is 0 Å². The summed E-state index contributed by atoms with van der Waals surface area (Å²) in [5, 5.41) is 13.7. The number of hydrogen-bond acceptors (Lipinski definition) is 4. The number of rotatable bonds is 5. The van der Waals surface area contributed by atoms with Gasteiger partial charge in [0.15, 0.2) is 23.3 Å². The van der Waals surface area contributed by atoms with E-state index in [0.717, 1.165) is 23.7 Å². The van der Waals surface area contributed by atoms with Gasteiger partial charge < -0.3 is 5.32 Å². The van der Waals surface area contributed by atoms with Gasteiger partial charge in [0, 0.05) is 12.1 Å². The quantitative estimate of drug-likeness (QED) is 0.662. The van der Waals surface area contributed by atoms with Crippen LogP contribution in [0.5, 0.6) is 0 Å². The van der Waals surface area contributed by atoms with Gasteiger partial charge in [-0.3, -0.25) is 0 Å². The van der Waals surface area contributed by atoms with Gasteiger partial charge in [-0.15, -0.1) is 5.10 Å². The normalized spacial score (nSPS) is 10.9. The smallest absolute Gasteiger partial charge is 0.170 e. The first-order chi connectivity index (χ1) is 9.13. The molecule has 0 amide bonds. The van der Waals surface area contributed by atoms with Gasteiger partial charge in [0.1, 0.15) is 5.69 Å². The van der Waals surface area contributed by atoms with Crippen molar-refractivity contribution in [1.29, 1.82) is 0 Å². The predicted molar refractivity (Wildman–Crippen MR) is 61.0 cm³/mol. The summed E-state index contributed by atoms with van der Waals surface area (Å²) >= 11 is 0. The van der Waals surface area contributed by atoms with Gasteiger partial charge in [-0.25, -0.2) is 13.2 Å². The number of tetrazole rings is 1. The molecule has 0 bridgehead atoms. The van der Waals surface area contributed by atoms with Crippen LogP contribution in [0.2, 0.25) is 0 Å². The van der Waals surface area contributed by atoms with Crippen LogP contribution in [0.15, 0.2) is 12.1 Å². The molecule has 0 aliphatic rings. The molecule has 0 radical (unpaired) electrons. The molecule has 0 unspecified atom stereocenters. The minimum atomic E-state index is -1.25. The fourth-order valence-corrected chi connectivity index (χ4v) is 1.55. The number of benzene rings is 1. The second-order valence-corrected chi connectivity index (χ2v) is 3.90. The summed E-state index contributed by atoms with van der Waals surface area (Å²) < 4.78 is 40.7. The molecule has 1 aromatic heterocycles. The molecule has 8 heteroatoms. The van der Waals surface area contributed by atoms with Crippen molar-refractivity contribution in [3.63, 3.8) is 0 Å². The third-order valence-electron chi connectivity index (χ3n) is 2.46. The fourth-order valence-electron chi connectivity index (χ4n) is 1.55. The molecular weight excluding hydrogens is 259 g/mol. The van der Waals surface area contributed by atoms with E-state index in [4.69, 9.17) is 0 Å². The molecular formula is C11H12F3N5. The van der Waals surface area contributed by atoms with E-state index in [-0.39, 0.29) is 5.69 Å². The number of hydrogen-bond donors (Lipinski definition) is 1. The molecule has 0 saturated heterocycles. The van der Waals surface area contributed by atoms with Crippen LogP contribution >= 0.6 is 0 Å². The maximum Gasteiger partial charge on any atom is 0.170 e. The lowest BCUT2D eigenvalue weighted by atomic mass is 10.3. The van der Waals surface area contributed by atoms with Crippen molar-refractivity contribution in [2.45, 2.75) is 19.9 Å². The highest BCUT2D eigenvalue weighted by molar-refractivity contribution is 5.34. The highest BCUT2D eigenvalue weighted by Gasteiger charge is 2.15. The third kappa shape index (κ3) is 2.90. The Hall–Kier alpha value is -1.96. The molecule has 2 rings (SSSR count). The van der Waals surface area contributed by atoms with Crippen LogP contribution in [-0.2, 0) is 6.54 Å². The molecule has 0 aliphatic carbocycles. The highest BCUT2D eigenvalue weighted by Crippen LogP contribution is 2.17. The van der Waals surface area contributed by atoms with Crippen LogP contribution in [0.3, 0.4) is 0 Å². The zero-order chi connectivity index (χ0) is 13.8. The van der Waals surface area contributed by atoms with E-state index in [9.17, 15) is 13.2 Å². The summed E-state index contributed by atoms with van der Waals surface area (Å²) in [5.74, 6) is -3.01. The van der Waals surface area contributed by atoms with E-state index in [1.807, 2.05) is 6.92 Å². The summed E-state index contributed by atoms with van der Waals surface area (Å²) in [5.41, 5.74) is -0.225. The molecule has 1 heterocycles. The Bertz CT molecular complexity index is 569. The molecule has 0 atom stereocenters. The number of nitrogens with zero attached hydrogens (tertiary/aromatic N) is 4. The molecule has 1 aromatic carbocycles. The first-order valence-electron chi connectivity index (χ1n) is 5.76. The maximum absolute atomic E-state index is 13.6. The summed E-state index contributed by atoms with van der Waals surface area (Å²) in [6.45, 7) is 3.04. The monoisotopic (exact) mass is 271 g/mol. The molecule has 0 spiro atoms. The Kier molecular flexibility index (Phi) is 4.10. The van der Waals surface area contributed by atoms with E-state index in [0.29, 0.717) is 18.4 Å². The predicted octanol–water partition coefficient (Wildman–Crippen LogP) is 1.58. The maximum atomic E-state index is 13.6. The fraction of sp³-hybridized carbons (Fsp3) is 0.364. The van der Waals surface area contributed by atoms with Gasteiger partial charge in [-0.1, -0.05) is 6.92 Å². The minimum absolute atomic E-state index is 0.225. The summed E-state index contributed by atoms with van der Waals surface area (Å²) in [6.07, 6.45) is 0.918. The zero-order valence-electron chi connectivity index (χ0n) is 10.2. The van der Waals surface area contributed by atoms with Crippen LogP contribution in [0.1, 0.15) is 19.2 Å². The standard InChI is InChI=1S/C11H12F3N5/c1-2-3-15-6-11-16-17-18-19(11)10-5-8(13)7(12)4-9(10)14/h4-5,15H,2-3,6H2,1H3. The summed E-state index contributed by atoms with van der Waals surface area (Å²) in [4.78, 5) is 0. The first-order valence-corrected chi connectivity index (χ1v) is 5.76. The van der Waals surface area contributed by atoms with Crippen molar-refractivity contribution in [3.8, 4) is 5.69 Å². The Labute approximate surface area is 107 Å². The largest absolute Gasteiger partial charge is 0.310 e. The Morgan fingerprint density at radius 2 is 1.89 bits per heavy atom. The van der Waals surface area contributed by atoms with Gasteiger partial charge in [-0.05, 0) is 23.4 Å². The number of aromatic nitrogens is 4. The molecule has 0 aliphatic heterocycles. The van der Waals surface area contributed by atoms with Gasteiger partial charge >= 0.3 is 0 Å². The molecule has 19 heavy (non-hydrogen) atoms. The second-order valence-electron chi connectivity index (χ2n) is 3.90. The third-order valence-corrected chi connectivity index (χ3v) is 2.46. The van der Waals surface area contributed by atoms with E-state index >= 15 is 0 Å². The van der Waals surface area contributed by atoms with Gasteiger partial charge in [-0.2, -0.15) is 4.68 Å². The summed E-state index contributed by atoms with van der Waals surface area (Å²) in [7, 11) is 0. The van der Waals surface area contributed by atoms with E-state index in [1.165, 1.54) is 0 Å². The lowest BCUT2D eigenvalue weighted by Gasteiger charge is -2.07. The Morgan fingerprint density at radius 1 is 1.16 bits per heavy atom. The average molecular weight is 271 g/mol. The van der Waals surface area contributed by atoms with E-state index < -0.39 is 17.5 Å². The molecule has 5 nitrogen and oxygen atoms in total. The van der Waals surface area contributed by atoms with Crippen LogP contribution in [0.4, 0.5) is 13.2 Å². The van der Waals surface area contributed by atoms with Crippen LogP contribution in [-0.4, -0.2) is 26.8 Å². The van der Waals surface area contributed by atoms with Crippen molar-refractivity contribution in [3.05, 3.63) is 35.4 Å². The zero-order valence-corrected chi connectivity index (χ0v) is 10.2. The van der Waals surface area contributed by atoms with Crippen molar-refractivity contribution >= 4 is 0 Å². The van der Waals surface area contributed by atoms with E-state index in [2.05, 4.69) is 20.8 Å². The van der Waals surface area contributed by atoms with Crippen molar-refractivity contribution in [1.82, 2.24) is 25.5 Å². The highest BCUT2D eigenvalue weighted by atomic mass is 19.2. The molecule has 1 N–H and O–H groups in total. The van der Waals surface area contributed by atoms with Gasteiger partial charge in [0.05, 0.1) is 6.54 Å². The second kappa shape index (κ2) is 5.79. The van der Waals surface area contributed by atoms with Crippen LogP contribution in [0, 0.1) is 17.5 Å². The molecule has 0 saturated carbocycles. The summed E-state index contributed by atoms with van der Waals surface area (Å²) in [6, 6.07) is 1.19. The van der Waals surface area contributed by atoms with Gasteiger partial charge in [0.2, 0.25) is 0 Å². The lowest BCUT2D eigenvalue weighted by molar-refractivity contribution is 0.489. The van der Waals surface area contributed by atoms with Crippen LogP contribution in [0.25, 0.3) is 5.69 Å². The number of nitrogens with one attached hydrogen (secondary N) is 1. The Morgan fingerprint density at radius 3 is 2.63 bits per heavy atom. The van der Waals surface area contributed by atoms with Crippen LogP contribution < -0.4 is 5.32 Å². The molecule has 102 valence electrons. The lowest BCUT2D eigenvalue weighted by Crippen LogP contribution is -2.18. The first kappa shape index (κ1) is 13.5. The Balaban J connectivity index is 2.32. The van der Waals surface area contributed by atoms with E-state index in [1.54, 1.807) is 0 Å². The van der Waals surface area contributed by atoms with Crippen molar-refractivity contribution in [2.24, 2.45) is 0 Å². The topological polar surface area (TPSA) is 55.6 Å². The SMILES string of the molecule is CCCNCc1nnnn1-c1cc(F)c(F)cc1F. The van der Waals surface area contributed by atoms with Crippen molar-refractivity contribution < 1.29 is 13.2 Å².